The summed E-state index contributed by atoms with van der Waals surface area (Å²) in [5.41, 5.74) is -0.278. The molecule has 0 bridgehead atoms. The van der Waals surface area contributed by atoms with Crippen molar-refractivity contribution in [2.24, 2.45) is 5.92 Å². The Kier molecular flexibility index (Phi) is 5.50. The molecule has 0 spiro atoms. The summed E-state index contributed by atoms with van der Waals surface area (Å²) in [6.45, 7) is 0. The lowest BCUT2D eigenvalue weighted by atomic mass is 10.3. The number of ether oxygens (including phenoxy) is 2. The minimum Gasteiger partial charge on any atom is -0.495 e. The molecule has 1 saturated carbocycles. The highest BCUT2D eigenvalue weighted by atomic mass is 35.5. The van der Waals surface area contributed by atoms with E-state index in [1.165, 1.54) is 25.3 Å². The number of benzene rings is 2. The Morgan fingerprint density at radius 1 is 1.19 bits per heavy atom. The smallest absolute Gasteiger partial charge is 0.272 e. The molecule has 3 rings (SSSR count). The largest absolute Gasteiger partial charge is 0.495 e. The molecule has 1 aliphatic rings. The Labute approximate surface area is 165 Å². The first-order chi connectivity index (χ1) is 12.7. The molecule has 7 nitrogen and oxygen atoms in total. The van der Waals surface area contributed by atoms with Gasteiger partial charge >= 0.3 is 0 Å². The van der Waals surface area contributed by atoms with Crippen LogP contribution in [0.15, 0.2) is 35.2 Å². The van der Waals surface area contributed by atoms with Crippen molar-refractivity contribution >= 4 is 38.7 Å². The van der Waals surface area contributed by atoms with Crippen molar-refractivity contribution in [3.63, 3.8) is 0 Å². The number of nitrogens with zero attached hydrogens (tertiary/aromatic N) is 1. The van der Waals surface area contributed by atoms with Crippen molar-refractivity contribution in [2.75, 3.05) is 12.9 Å². The summed E-state index contributed by atoms with van der Waals surface area (Å²) in [5, 5.41) is 10.7. The maximum atomic E-state index is 12.7. The lowest BCUT2D eigenvalue weighted by Gasteiger charge is -2.13. The first-order valence-corrected chi connectivity index (χ1v) is 10.3. The zero-order chi connectivity index (χ0) is 19.8. The summed E-state index contributed by atoms with van der Waals surface area (Å²) >= 11 is 12.1. The molecule has 10 heteroatoms. The predicted octanol–water partition coefficient (Wildman–Crippen LogP) is 4.89. The molecular formula is C17H15Cl2NO6S. The highest BCUT2D eigenvalue weighted by molar-refractivity contribution is 7.91. The van der Waals surface area contributed by atoms with E-state index in [-0.39, 0.29) is 49.5 Å². The topological polar surface area (TPSA) is 95.7 Å². The lowest BCUT2D eigenvalue weighted by molar-refractivity contribution is -0.384. The van der Waals surface area contributed by atoms with Gasteiger partial charge in [0.1, 0.15) is 16.4 Å². The summed E-state index contributed by atoms with van der Waals surface area (Å²) in [7, 11) is -2.17. The van der Waals surface area contributed by atoms with Gasteiger partial charge in [0, 0.05) is 18.2 Å². The molecule has 1 fully saturated rings. The van der Waals surface area contributed by atoms with E-state index in [2.05, 4.69) is 0 Å². The van der Waals surface area contributed by atoms with Gasteiger partial charge < -0.3 is 9.47 Å². The Balaban J connectivity index is 1.97. The van der Waals surface area contributed by atoms with E-state index >= 15 is 0 Å². The number of methoxy groups -OCH3 is 1. The number of nitro groups is 1. The van der Waals surface area contributed by atoms with Crippen LogP contribution in [-0.4, -0.2) is 26.2 Å². The van der Waals surface area contributed by atoms with Crippen molar-refractivity contribution in [3.8, 4) is 17.2 Å². The summed E-state index contributed by atoms with van der Waals surface area (Å²) < 4.78 is 36.1. The van der Waals surface area contributed by atoms with Gasteiger partial charge in [0.15, 0.2) is 15.6 Å². The van der Waals surface area contributed by atoms with E-state index in [1.807, 2.05) is 0 Å². The van der Waals surface area contributed by atoms with Gasteiger partial charge in [-0.1, -0.05) is 23.2 Å². The molecule has 0 aliphatic heterocycles. The van der Waals surface area contributed by atoms with Crippen LogP contribution in [0, 0.1) is 16.0 Å². The maximum absolute atomic E-state index is 12.7. The average Bonchev–Trinajstić information content (AvgIpc) is 3.41. The monoisotopic (exact) mass is 431 g/mol. The number of hydrogen-bond acceptors (Lipinski definition) is 6. The summed E-state index contributed by atoms with van der Waals surface area (Å²) in [6.07, 6.45) is 1.79. The molecule has 144 valence electrons. The second kappa shape index (κ2) is 7.53. The van der Waals surface area contributed by atoms with Crippen LogP contribution in [0.3, 0.4) is 0 Å². The molecule has 2 aromatic carbocycles. The third kappa shape index (κ3) is 4.45. The van der Waals surface area contributed by atoms with E-state index in [0.29, 0.717) is 0 Å². The van der Waals surface area contributed by atoms with E-state index in [4.69, 9.17) is 32.7 Å². The highest BCUT2D eigenvalue weighted by Crippen LogP contribution is 2.41. The Bertz CT molecular complexity index is 981. The van der Waals surface area contributed by atoms with Crippen molar-refractivity contribution in [1.29, 1.82) is 0 Å². The number of halogens is 2. The van der Waals surface area contributed by atoms with E-state index in [9.17, 15) is 18.5 Å². The number of rotatable bonds is 7. The van der Waals surface area contributed by atoms with Gasteiger partial charge in [-0.25, -0.2) is 8.42 Å². The first kappa shape index (κ1) is 19.7. The molecule has 0 heterocycles. The van der Waals surface area contributed by atoms with Crippen LogP contribution in [-0.2, 0) is 9.84 Å². The predicted molar refractivity (Wildman–Crippen MR) is 101 cm³/mol. The standard InChI is InChI=1S/C17H15Cl2NO6S/c1-25-15-5-4-12(8-16(15)27(23,24)9-10-2-3-10)26-17-13(18)6-11(20(21)22)7-14(17)19/h4-8,10H,2-3,9H2,1H3. The van der Waals surface area contributed by atoms with Crippen molar-refractivity contribution in [1.82, 2.24) is 0 Å². The van der Waals surface area contributed by atoms with Gasteiger partial charge in [-0.2, -0.15) is 0 Å². The van der Waals surface area contributed by atoms with Gasteiger partial charge in [-0.05, 0) is 30.9 Å². The van der Waals surface area contributed by atoms with Crippen molar-refractivity contribution < 1.29 is 22.8 Å². The molecule has 0 radical (unpaired) electrons. The molecule has 0 saturated heterocycles. The van der Waals surface area contributed by atoms with Crippen LogP contribution in [0.4, 0.5) is 5.69 Å². The SMILES string of the molecule is COc1ccc(Oc2c(Cl)cc([N+](=O)[O-])cc2Cl)cc1S(=O)(=O)CC1CC1. The van der Waals surface area contributed by atoms with Crippen LogP contribution in [0.2, 0.25) is 10.0 Å². The zero-order valence-electron chi connectivity index (χ0n) is 14.1. The van der Waals surface area contributed by atoms with Crippen LogP contribution in [0.25, 0.3) is 0 Å². The molecule has 0 unspecified atom stereocenters. The molecule has 0 aromatic heterocycles. The number of nitro benzene ring substituents is 1. The second-order valence-corrected chi connectivity index (χ2v) is 8.95. The fraction of sp³-hybridized carbons (Fsp3) is 0.294. The minimum absolute atomic E-state index is 0.000332. The van der Waals surface area contributed by atoms with Crippen molar-refractivity contribution in [3.05, 3.63) is 50.5 Å². The van der Waals surface area contributed by atoms with Gasteiger partial charge in [-0.15, -0.1) is 0 Å². The number of hydrogen-bond donors (Lipinski definition) is 0. The third-order valence-electron chi connectivity index (χ3n) is 4.04. The van der Waals surface area contributed by atoms with Gasteiger partial charge in [0.2, 0.25) is 0 Å². The highest BCUT2D eigenvalue weighted by Gasteiger charge is 2.31. The molecule has 1 aliphatic carbocycles. The van der Waals surface area contributed by atoms with Crippen LogP contribution in [0.5, 0.6) is 17.2 Å². The van der Waals surface area contributed by atoms with Crippen molar-refractivity contribution in [2.45, 2.75) is 17.7 Å². The van der Waals surface area contributed by atoms with Gasteiger partial charge in [-0.3, -0.25) is 10.1 Å². The lowest BCUT2D eigenvalue weighted by Crippen LogP contribution is -2.10. The number of sulfone groups is 1. The fourth-order valence-corrected chi connectivity index (χ4v) is 4.96. The summed E-state index contributed by atoms with van der Waals surface area (Å²) in [6, 6.07) is 6.53. The van der Waals surface area contributed by atoms with E-state index in [1.54, 1.807) is 0 Å². The van der Waals surface area contributed by atoms with Crippen LogP contribution < -0.4 is 9.47 Å². The van der Waals surface area contributed by atoms with Crippen LogP contribution in [0.1, 0.15) is 12.8 Å². The summed E-state index contributed by atoms with van der Waals surface area (Å²) in [4.78, 5) is 10.3. The Hall–Kier alpha value is -2.03. The van der Waals surface area contributed by atoms with Crippen LogP contribution >= 0.6 is 23.2 Å². The second-order valence-electron chi connectivity index (χ2n) is 6.14. The fourth-order valence-electron chi connectivity index (χ4n) is 2.52. The van der Waals surface area contributed by atoms with E-state index < -0.39 is 14.8 Å². The molecule has 2 aromatic rings. The zero-order valence-corrected chi connectivity index (χ0v) is 16.5. The normalized spacial score (nSPS) is 14.0. The van der Waals surface area contributed by atoms with E-state index in [0.717, 1.165) is 25.0 Å². The average molecular weight is 432 g/mol. The third-order valence-corrected chi connectivity index (χ3v) is 6.50. The number of non-ortho nitro benzene ring substituents is 1. The van der Waals surface area contributed by atoms with Gasteiger partial charge in [0.05, 0.1) is 27.8 Å². The minimum atomic E-state index is -3.55. The molecule has 27 heavy (non-hydrogen) atoms. The molecule has 0 amide bonds. The molecule has 0 atom stereocenters. The summed E-state index contributed by atoms with van der Waals surface area (Å²) in [5.74, 6) is 0.598. The van der Waals surface area contributed by atoms with Gasteiger partial charge in [0.25, 0.3) is 5.69 Å². The molecular weight excluding hydrogens is 417 g/mol. The maximum Gasteiger partial charge on any atom is 0.272 e. The Morgan fingerprint density at radius 2 is 1.81 bits per heavy atom. The molecule has 0 N–H and O–H groups in total. The quantitative estimate of drug-likeness (QED) is 0.457. The Morgan fingerprint density at radius 3 is 2.33 bits per heavy atom. The first-order valence-electron chi connectivity index (χ1n) is 7.93.